The highest BCUT2D eigenvalue weighted by atomic mass is 127. The fourth-order valence-corrected chi connectivity index (χ4v) is 3.27. The van der Waals surface area contributed by atoms with E-state index in [1.54, 1.807) is 6.07 Å². The number of nitrogens with zero attached hydrogens (tertiary/aromatic N) is 3. The lowest BCUT2D eigenvalue weighted by atomic mass is 9.96. The van der Waals surface area contributed by atoms with Crippen molar-refractivity contribution in [2.75, 3.05) is 23.3 Å². The topological polar surface area (TPSA) is 58.1 Å². The maximum Gasteiger partial charge on any atom is 0.227 e. The molecule has 2 heterocycles. The second kappa shape index (κ2) is 7.44. The minimum atomic E-state index is 0.0301. The Balaban J connectivity index is 1.57. The molecule has 1 aromatic carbocycles. The average Bonchev–Trinajstić information content (AvgIpc) is 2.58. The molecular weight excluding hydrogens is 427 g/mol. The Hall–Kier alpha value is -1.41. The van der Waals surface area contributed by atoms with Crippen LogP contribution in [0.3, 0.4) is 0 Å². The van der Waals surface area contributed by atoms with Gasteiger partial charge in [0.2, 0.25) is 5.91 Å². The van der Waals surface area contributed by atoms with Crippen molar-refractivity contribution in [3.8, 4) is 0 Å². The maximum absolute atomic E-state index is 12.4. The van der Waals surface area contributed by atoms with Crippen molar-refractivity contribution in [2.45, 2.75) is 12.8 Å². The smallest absolute Gasteiger partial charge is 0.227 e. The van der Waals surface area contributed by atoms with Crippen LogP contribution in [-0.2, 0) is 4.79 Å². The zero-order chi connectivity index (χ0) is 16.2. The van der Waals surface area contributed by atoms with E-state index in [1.165, 1.54) is 0 Å². The quantitative estimate of drug-likeness (QED) is 0.738. The molecule has 1 aromatic heterocycles. The maximum atomic E-state index is 12.4. The molecule has 2 aromatic rings. The molecule has 0 radical (unpaired) electrons. The first-order chi connectivity index (χ1) is 11.1. The first kappa shape index (κ1) is 16.4. The summed E-state index contributed by atoms with van der Waals surface area (Å²) in [7, 11) is 0. The fourth-order valence-electron chi connectivity index (χ4n) is 2.65. The number of benzene rings is 1. The van der Waals surface area contributed by atoms with E-state index in [0.717, 1.165) is 41.0 Å². The van der Waals surface area contributed by atoms with E-state index in [9.17, 15) is 4.79 Å². The van der Waals surface area contributed by atoms with Gasteiger partial charge < -0.3 is 10.2 Å². The summed E-state index contributed by atoms with van der Waals surface area (Å²) < 4.78 is 1.05. The lowest BCUT2D eigenvalue weighted by Gasteiger charge is -2.31. The third kappa shape index (κ3) is 4.11. The molecule has 7 heteroatoms. The van der Waals surface area contributed by atoms with Gasteiger partial charge in [0.1, 0.15) is 0 Å². The molecule has 0 spiro atoms. The number of nitrogens with one attached hydrogen (secondary N) is 1. The monoisotopic (exact) mass is 442 g/mol. The zero-order valence-corrected chi connectivity index (χ0v) is 15.3. The average molecular weight is 443 g/mol. The van der Waals surface area contributed by atoms with Crippen LogP contribution in [0.5, 0.6) is 0 Å². The number of halogens is 2. The van der Waals surface area contributed by atoms with Gasteiger partial charge in [0.05, 0.1) is 5.69 Å². The van der Waals surface area contributed by atoms with E-state index < -0.39 is 0 Å². The summed E-state index contributed by atoms with van der Waals surface area (Å²) in [6, 6.07) is 11.4. The summed E-state index contributed by atoms with van der Waals surface area (Å²) in [6.07, 6.45) is 1.61. The highest BCUT2D eigenvalue weighted by Gasteiger charge is 2.26. The molecule has 120 valence electrons. The van der Waals surface area contributed by atoms with Crippen molar-refractivity contribution >= 4 is 51.6 Å². The molecule has 1 saturated heterocycles. The van der Waals surface area contributed by atoms with Crippen LogP contribution in [0.15, 0.2) is 36.4 Å². The molecule has 1 aliphatic heterocycles. The van der Waals surface area contributed by atoms with Gasteiger partial charge in [-0.3, -0.25) is 4.79 Å². The van der Waals surface area contributed by atoms with E-state index in [-0.39, 0.29) is 11.8 Å². The van der Waals surface area contributed by atoms with Gasteiger partial charge in [-0.25, -0.2) is 0 Å². The van der Waals surface area contributed by atoms with Crippen LogP contribution in [0.4, 0.5) is 11.5 Å². The molecule has 0 aliphatic carbocycles. The molecule has 1 aliphatic rings. The van der Waals surface area contributed by atoms with Crippen LogP contribution < -0.4 is 10.2 Å². The third-order valence-electron chi connectivity index (χ3n) is 3.94. The van der Waals surface area contributed by atoms with Gasteiger partial charge in [-0.2, -0.15) is 0 Å². The van der Waals surface area contributed by atoms with Gasteiger partial charge in [-0.1, -0.05) is 23.7 Å². The first-order valence-electron chi connectivity index (χ1n) is 7.43. The highest BCUT2D eigenvalue weighted by molar-refractivity contribution is 14.1. The summed E-state index contributed by atoms with van der Waals surface area (Å²) in [5.74, 6) is 0.935. The number of carbonyl (C=O) groups excluding carboxylic acids is 1. The van der Waals surface area contributed by atoms with Crippen LogP contribution >= 0.6 is 34.2 Å². The number of hydrogen-bond acceptors (Lipinski definition) is 4. The predicted molar refractivity (Wildman–Crippen MR) is 99.8 cm³/mol. The van der Waals surface area contributed by atoms with Crippen LogP contribution in [0, 0.1) is 9.49 Å². The molecule has 0 bridgehead atoms. The SMILES string of the molecule is O=C(Nc1ccccc1I)C1CCN(c2ccc(Cl)nn2)CC1. The van der Waals surface area contributed by atoms with E-state index in [4.69, 9.17) is 11.6 Å². The Morgan fingerprint density at radius 2 is 1.91 bits per heavy atom. The number of anilines is 2. The Morgan fingerprint density at radius 1 is 1.17 bits per heavy atom. The molecule has 0 saturated carbocycles. The molecular formula is C16H16ClIN4O. The predicted octanol–water partition coefficient (Wildman–Crippen LogP) is 3.59. The Bertz CT molecular complexity index is 687. The molecule has 0 unspecified atom stereocenters. The number of carbonyl (C=O) groups is 1. The van der Waals surface area contributed by atoms with Crippen LogP contribution in [-0.4, -0.2) is 29.2 Å². The lowest BCUT2D eigenvalue weighted by molar-refractivity contribution is -0.120. The minimum absolute atomic E-state index is 0.0301. The Kier molecular flexibility index (Phi) is 5.32. The zero-order valence-electron chi connectivity index (χ0n) is 12.4. The molecule has 23 heavy (non-hydrogen) atoms. The summed E-state index contributed by atoms with van der Waals surface area (Å²) in [5, 5.41) is 11.4. The molecule has 3 rings (SSSR count). The van der Waals surface area contributed by atoms with E-state index in [0.29, 0.717) is 5.15 Å². The number of amides is 1. The number of para-hydroxylation sites is 1. The van der Waals surface area contributed by atoms with Crippen molar-refractivity contribution in [1.29, 1.82) is 0 Å². The molecule has 0 atom stereocenters. The lowest BCUT2D eigenvalue weighted by Crippen LogP contribution is -2.38. The van der Waals surface area contributed by atoms with Crippen molar-refractivity contribution < 1.29 is 4.79 Å². The summed E-state index contributed by atoms with van der Waals surface area (Å²) >= 11 is 7.99. The standard InChI is InChI=1S/C16H16ClIN4O/c17-14-5-6-15(21-20-14)22-9-7-11(8-10-22)16(23)19-13-4-2-1-3-12(13)18/h1-6,11H,7-10H2,(H,19,23). The van der Waals surface area contributed by atoms with Crippen LogP contribution in [0.2, 0.25) is 5.15 Å². The molecule has 1 amide bonds. The molecule has 5 nitrogen and oxygen atoms in total. The normalized spacial score (nSPS) is 15.5. The molecule has 1 N–H and O–H groups in total. The van der Waals surface area contributed by atoms with Crippen molar-refractivity contribution in [2.24, 2.45) is 5.92 Å². The largest absolute Gasteiger partial charge is 0.355 e. The van der Waals surface area contributed by atoms with Gasteiger partial charge >= 0.3 is 0 Å². The van der Waals surface area contributed by atoms with Gasteiger partial charge in [0, 0.05) is 22.6 Å². The van der Waals surface area contributed by atoms with Gasteiger partial charge in [0.15, 0.2) is 11.0 Å². The third-order valence-corrected chi connectivity index (χ3v) is 5.08. The number of piperidine rings is 1. The summed E-state index contributed by atoms with van der Waals surface area (Å²) in [4.78, 5) is 14.6. The number of hydrogen-bond donors (Lipinski definition) is 1. The van der Waals surface area contributed by atoms with E-state index in [2.05, 4.69) is 43.0 Å². The van der Waals surface area contributed by atoms with Crippen molar-refractivity contribution in [3.05, 3.63) is 45.1 Å². The number of rotatable bonds is 3. The second-order valence-electron chi connectivity index (χ2n) is 5.44. The van der Waals surface area contributed by atoms with E-state index in [1.807, 2.05) is 30.3 Å². The number of aromatic nitrogens is 2. The van der Waals surface area contributed by atoms with Gasteiger partial charge in [-0.05, 0) is 59.7 Å². The minimum Gasteiger partial charge on any atom is -0.355 e. The molecule has 1 fully saturated rings. The Labute approximate surface area is 153 Å². The Morgan fingerprint density at radius 3 is 2.57 bits per heavy atom. The highest BCUT2D eigenvalue weighted by Crippen LogP contribution is 2.24. The second-order valence-corrected chi connectivity index (χ2v) is 6.99. The summed E-state index contributed by atoms with van der Waals surface area (Å²) in [6.45, 7) is 1.58. The van der Waals surface area contributed by atoms with Crippen LogP contribution in [0.25, 0.3) is 0 Å². The first-order valence-corrected chi connectivity index (χ1v) is 8.89. The van der Waals surface area contributed by atoms with Crippen LogP contribution in [0.1, 0.15) is 12.8 Å². The van der Waals surface area contributed by atoms with Gasteiger partial charge in [0.25, 0.3) is 0 Å². The van der Waals surface area contributed by atoms with Crippen molar-refractivity contribution in [1.82, 2.24) is 10.2 Å². The van der Waals surface area contributed by atoms with Crippen molar-refractivity contribution in [3.63, 3.8) is 0 Å². The van der Waals surface area contributed by atoms with Gasteiger partial charge in [-0.15, -0.1) is 10.2 Å². The summed E-state index contributed by atoms with van der Waals surface area (Å²) in [5.41, 5.74) is 0.879. The van der Waals surface area contributed by atoms with E-state index >= 15 is 0 Å². The fraction of sp³-hybridized carbons (Fsp3) is 0.312.